The lowest BCUT2D eigenvalue weighted by Gasteiger charge is -2.04. The Kier molecular flexibility index (Phi) is 1.46. The van der Waals surface area contributed by atoms with Crippen LogP contribution in [0.2, 0.25) is 0 Å². The second-order valence-corrected chi connectivity index (χ2v) is 3.40. The van der Waals surface area contributed by atoms with Crippen LogP contribution in [0.5, 0.6) is 0 Å². The molecule has 1 aliphatic rings. The van der Waals surface area contributed by atoms with Gasteiger partial charge in [0.15, 0.2) is 0 Å². The molecule has 2 rings (SSSR count). The molecule has 0 atom stereocenters. The number of aromatic nitrogens is 1. The Balaban J connectivity index is 1.83. The first-order valence-corrected chi connectivity index (χ1v) is 3.96. The van der Waals surface area contributed by atoms with Gasteiger partial charge in [0.25, 0.3) is 0 Å². The average Bonchev–Trinajstić information content (AvgIpc) is 2.53. The van der Waals surface area contributed by atoms with E-state index >= 15 is 0 Å². The molecule has 0 saturated heterocycles. The summed E-state index contributed by atoms with van der Waals surface area (Å²) in [5.74, 6) is 0. The summed E-state index contributed by atoms with van der Waals surface area (Å²) in [6, 6.07) is 0. The molecule has 3 nitrogen and oxygen atoms in total. The van der Waals surface area contributed by atoms with Gasteiger partial charge in [0.1, 0.15) is 6.26 Å². The van der Waals surface area contributed by atoms with Crippen LogP contribution in [0.4, 0.5) is 0 Å². The zero-order chi connectivity index (χ0) is 7.73. The third kappa shape index (κ3) is 1.60. The van der Waals surface area contributed by atoms with Crippen LogP contribution in [0.25, 0.3) is 0 Å². The van der Waals surface area contributed by atoms with E-state index in [4.69, 9.17) is 10.3 Å². The molecule has 0 aliphatic heterocycles. The Morgan fingerprint density at radius 2 is 2.45 bits per heavy atom. The number of rotatable bonds is 3. The van der Waals surface area contributed by atoms with E-state index in [0.717, 1.165) is 18.4 Å². The summed E-state index contributed by atoms with van der Waals surface area (Å²) in [4.78, 5) is 0. The zero-order valence-electron chi connectivity index (χ0n) is 6.42. The van der Waals surface area contributed by atoms with Gasteiger partial charge in [-0.2, -0.15) is 0 Å². The molecule has 0 bridgehead atoms. The van der Waals surface area contributed by atoms with Crippen molar-refractivity contribution in [2.45, 2.75) is 31.2 Å². The van der Waals surface area contributed by atoms with Gasteiger partial charge in [-0.1, -0.05) is 5.16 Å². The first kappa shape index (κ1) is 6.85. The number of nitrogens with two attached hydrogens (primary N) is 1. The summed E-state index contributed by atoms with van der Waals surface area (Å²) in [6.07, 6.45) is 7.86. The van der Waals surface area contributed by atoms with E-state index in [-0.39, 0.29) is 5.54 Å². The molecule has 1 aromatic heterocycles. The van der Waals surface area contributed by atoms with Crippen molar-refractivity contribution < 1.29 is 4.52 Å². The molecule has 1 aliphatic carbocycles. The summed E-state index contributed by atoms with van der Waals surface area (Å²) in [5.41, 5.74) is 7.22. The van der Waals surface area contributed by atoms with E-state index < -0.39 is 0 Å². The number of hydrogen-bond acceptors (Lipinski definition) is 3. The highest BCUT2D eigenvalue weighted by Gasteiger charge is 2.37. The second-order valence-electron chi connectivity index (χ2n) is 3.40. The van der Waals surface area contributed by atoms with E-state index in [1.807, 2.05) is 0 Å². The van der Waals surface area contributed by atoms with Gasteiger partial charge in [0, 0.05) is 11.1 Å². The zero-order valence-corrected chi connectivity index (χ0v) is 6.42. The first-order chi connectivity index (χ1) is 5.29. The van der Waals surface area contributed by atoms with Crippen LogP contribution >= 0.6 is 0 Å². The van der Waals surface area contributed by atoms with Gasteiger partial charge in [-0.05, 0) is 25.7 Å². The van der Waals surface area contributed by atoms with E-state index in [9.17, 15) is 0 Å². The van der Waals surface area contributed by atoms with Gasteiger partial charge < -0.3 is 10.3 Å². The lowest BCUT2D eigenvalue weighted by atomic mass is 10.1. The minimum Gasteiger partial charge on any atom is -0.364 e. The van der Waals surface area contributed by atoms with Crippen molar-refractivity contribution >= 4 is 0 Å². The van der Waals surface area contributed by atoms with Gasteiger partial charge in [0.2, 0.25) is 0 Å². The van der Waals surface area contributed by atoms with Crippen LogP contribution in [0.1, 0.15) is 24.8 Å². The third-order valence-corrected chi connectivity index (χ3v) is 2.29. The molecule has 1 fully saturated rings. The first-order valence-electron chi connectivity index (χ1n) is 3.96. The van der Waals surface area contributed by atoms with Gasteiger partial charge in [0.05, 0.1) is 6.20 Å². The third-order valence-electron chi connectivity index (χ3n) is 2.29. The van der Waals surface area contributed by atoms with Crippen LogP contribution in [-0.2, 0) is 6.42 Å². The number of nitrogens with zero attached hydrogens (tertiary/aromatic N) is 1. The molecule has 60 valence electrons. The summed E-state index contributed by atoms with van der Waals surface area (Å²) in [7, 11) is 0. The van der Waals surface area contributed by atoms with Gasteiger partial charge in [-0.25, -0.2) is 0 Å². The highest BCUT2D eigenvalue weighted by atomic mass is 16.5. The van der Waals surface area contributed by atoms with E-state index in [2.05, 4.69) is 5.16 Å². The minimum atomic E-state index is 0.150. The molecule has 2 N–H and O–H groups in total. The SMILES string of the molecule is NC1(CCc2cnoc2)CC1. The predicted molar refractivity (Wildman–Crippen MR) is 41.0 cm³/mol. The van der Waals surface area contributed by atoms with Crippen molar-refractivity contribution in [2.24, 2.45) is 5.73 Å². The van der Waals surface area contributed by atoms with Gasteiger partial charge >= 0.3 is 0 Å². The van der Waals surface area contributed by atoms with Crippen molar-refractivity contribution in [3.8, 4) is 0 Å². The predicted octanol–water partition coefficient (Wildman–Crippen LogP) is 1.10. The molecule has 0 unspecified atom stereocenters. The number of hydrogen-bond donors (Lipinski definition) is 1. The smallest absolute Gasteiger partial charge is 0.126 e. The molecule has 1 aromatic rings. The summed E-state index contributed by atoms with van der Waals surface area (Å²) in [5, 5.41) is 3.63. The van der Waals surface area contributed by atoms with E-state index in [0.29, 0.717) is 0 Å². The van der Waals surface area contributed by atoms with Gasteiger partial charge in [-0.3, -0.25) is 0 Å². The fourth-order valence-electron chi connectivity index (χ4n) is 1.15. The van der Waals surface area contributed by atoms with Crippen molar-refractivity contribution in [1.82, 2.24) is 5.16 Å². The van der Waals surface area contributed by atoms with Crippen LogP contribution in [-0.4, -0.2) is 10.7 Å². The lowest BCUT2D eigenvalue weighted by molar-refractivity contribution is 0.418. The topological polar surface area (TPSA) is 52.0 Å². The molecular formula is C8H12N2O. The van der Waals surface area contributed by atoms with Crippen molar-refractivity contribution in [3.63, 3.8) is 0 Å². The fraction of sp³-hybridized carbons (Fsp3) is 0.625. The average molecular weight is 152 g/mol. The molecule has 1 heterocycles. The van der Waals surface area contributed by atoms with Crippen LogP contribution in [0.15, 0.2) is 17.0 Å². The lowest BCUT2D eigenvalue weighted by Crippen LogP contribution is -2.21. The molecule has 0 radical (unpaired) electrons. The molecule has 0 aromatic carbocycles. The standard InChI is InChI=1S/C8H12N2O/c9-8(3-4-8)2-1-7-5-10-11-6-7/h5-6H,1-4,9H2. The molecule has 1 saturated carbocycles. The molecule has 3 heteroatoms. The highest BCUT2D eigenvalue weighted by molar-refractivity contribution is 5.06. The fourth-order valence-corrected chi connectivity index (χ4v) is 1.15. The Hall–Kier alpha value is -0.830. The maximum Gasteiger partial charge on any atom is 0.126 e. The monoisotopic (exact) mass is 152 g/mol. The molecule has 11 heavy (non-hydrogen) atoms. The maximum absolute atomic E-state index is 5.91. The minimum absolute atomic E-state index is 0.150. The normalized spacial score (nSPS) is 20.1. The Bertz CT molecular complexity index is 226. The quantitative estimate of drug-likeness (QED) is 0.705. The summed E-state index contributed by atoms with van der Waals surface area (Å²) >= 11 is 0. The molecule has 0 amide bonds. The maximum atomic E-state index is 5.91. The largest absolute Gasteiger partial charge is 0.364 e. The second kappa shape index (κ2) is 2.34. The van der Waals surface area contributed by atoms with E-state index in [1.54, 1.807) is 12.5 Å². The summed E-state index contributed by atoms with van der Waals surface area (Å²) in [6.45, 7) is 0. The van der Waals surface area contributed by atoms with E-state index in [1.165, 1.54) is 12.8 Å². The Morgan fingerprint density at radius 3 is 3.00 bits per heavy atom. The van der Waals surface area contributed by atoms with Crippen LogP contribution < -0.4 is 5.73 Å². The van der Waals surface area contributed by atoms with Crippen LogP contribution in [0.3, 0.4) is 0 Å². The Morgan fingerprint density at radius 1 is 1.64 bits per heavy atom. The number of aryl methyl sites for hydroxylation is 1. The Labute approximate surface area is 65.6 Å². The summed E-state index contributed by atoms with van der Waals surface area (Å²) < 4.78 is 4.71. The highest BCUT2D eigenvalue weighted by Crippen LogP contribution is 2.36. The molecule has 0 spiro atoms. The van der Waals surface area contributed by atoms with Crippen molar-refractivity contribution in [2.75, 3.05) is 0 Å². The van der Waals surface area contributed by atoms with Gasteiger partial charge in [-0.15, -0.1) is 0 Å². The van der Waals surface area contributed by atoms with Crippen molar-refractivity contribution in [3.05, 3.63) is 18.0 Å². The van der Waals surface area contributed by atoms with Crippen molar-refractivity contribution in [1.29, 1.82) is 0 Å². The van der Waals surface area contributed by atoms with Crippen LogP contribution in [0, 0.1) is 0 Å². The molecular weight excluding hydrogens is 140 g/mol.